The molecule has 154 valence electrons. The second-order valence-electron chi connectivity index (χ2n) is 8.20. The second-order valence-corrected chi connectivity index (χ2v) is 8.20. The summed E-state index contributed by atoms with van der Waals surface area (Å²) in [6.45, 7) is 4.60. The van der Waals surface area contributed by atoms with E-state index in [2.05, 4.69) is 23.6 Å². The fourth-order valence-electron chi connectivity index (χ4n) is 5.26. The molecular weight excluding hydrogens is 376 g/mol. The monoisotopic (exact) mass is 402 g/mol. The molecule has 2 aromatic rings. The van der Waals surface area contributed by atoms with Crippen LogP contribution in [-0.4, -0.2) is 51.8 Å². The summed E-state index contributed by atoms with van der Waals surface area (Å²) in [6, 6.07) is 19.3. The van der Waals surface area contributed by atoms with Crippen LogP contribution in [0, 0.1) is 0 Å². The molecule has 5 nitrogen and oxygen atoms in total. The minimum absolute atomic E-state index is 0.0648. The first-order valence-electron chi connectivity index (χ1n) is 10.5. The van der Waals surface area contributed by atoms with E-state index in [1.54, 1.807) is 4.90 Å². The molecule has 3 aliphatic heterocycles. The molecule has 1 amide bonds. The van der Waals surface area contributed by atoms with Gasteiger partial charge in [-0.1, -0.05) is 78.9 Å². The number of carbonyl (C=O) groups excluding carboxylic acids is 1. The molecule has 5 heteroatoms. The number of cyclic esters (lactones) is 1. The van der Waals surface area contributed by atoms with Crippen LogP contribution < -0.4 is 0 Å². The number of nitrogens with zero attached hydrogens (tertiary/aromatic N) is 2. The quantitative estimate of drug-likeness (QED) is 0.772. The number of amides is 1. The van der Waals surface area contributed by atoms with Crippen LogP contribution >= 0.6 is 0 Å². The predicted octanol–water partition coefficient (Wildman–Crippen LogP) is 3.85. The van der Waals surface area contributed by atoms with E-state index in [0.717, 1.165) is 11.1 Å². The number of benzene rings is 2. The van der Waals surface area contributed by atoms with Crippen molar-refractivity contribution in [3.8, 4) is 0 Å². The Morgan fingerprint density at radius 1 is 1.03 bits per heavy atom. The van der Waals surface area contributed by atoms with Crippen molar-refractivity contribution in [2.75, 3.05) is 6.54 Å². The lowest BCUT2D eigenvalue weighted by Gasteiger charge is -2.47. The molecule has 0 radical (unpaired) electrons. The number of rotatable bonds is 5. The van der Waals surface area contributed by atoms with E-state index in [0.29, 0.717) is 13.0 Å². The Morgan fingerprint density at radius 3 is 2.37 bits per heavy atom. The van der Waals surface area contributed by atoms with Crippen LogP contribution in [0.3, 0.4) is 0 Å². The van der Waals surface area contributed by atoms with E-state index in [1.165, 1.54) is 0 Å². The van der Waals surface area contributed by atoms with Crippen molar-refractivity contribution in [1.82, 2.24) is 9.80 Å². The molecule has 2 saturated heterocycles. The van der Waals surface area contributed by atoms with Gasteiger partial charge in [-0.3, -0.25) is 9.80 Å². The number of carbonyl (C=O) groups is 1. The van der Waals surface area contributed by atoms with Crippen molar-refractivity contribution in [3.05, 3.63) is 96.6 Å². The Morgan fingerprint density at radius 2 is 1.70 bits per heavy atom. The maximum Gasteiger partial charge on any atom is 0.411 e. The molecule has 0 saturated carbocycles. The van der Waals surface area contributed by atoms with Crippen molar-refractivity contribution in [2.24, 2.45) is 0 Å². The third-order valence-corrected chi connectivity index (χ3v) is 6.52. The first-order valence-corrected chi connectivity index (χ1v) is 10.5. The Hall–Kier alpha value is -2.89. The van der Waals surface area contributed by atoms with Crippen molar-refractivity contribution in [1.29, 1.82) is 0 Å². The predicted molar refractivity (Wildman–Crippen MR) is 115 cm³/mol. The molecule has 30 heavy (non-hydrogen) atoms. The minimum atomic E-state index is -0.621. The topological polar surface area (TPSA) is 53.0 Å². The number of aliphatic hydroxyl groups is 1. The lowest BCUT2D eigenvalue weighted by atomic mass is 9.88. The van der Waals surface area contributed by atoms with Gasteiger partial charge in [0.2, 0.25) is 0 Å². The van der Waals surface area contributed by atoms with E-state index in [9.17, 15) is 9.90 Å². The van der Waals surface area contributed by atoms with E-state index < -0.39 is 12.2 Å². The lowest BCUT2D eigenvalue weighted by molar-refractivity contribution is -0.0308. The standard InChI is InChI=1S/C25H26N2O3/c1-2-15-26-19-13-14-20(26)23(21(28)16-19)27-22(17-9-5-3-6-10-17)24(30-25(27)29)18-11-7-4-8-12-18/h2-14,19-24,28H,1,15-16H2/t19-,20+,21+,22-,23-,24+/m0/s1. The highest BCUT2D eigenvalue weighted by Gasteiger charge is 2.54. The van der Waals surface area contributed by atoms with Gasteiger partial charge in [-0.15, -0.1) is 6.58 Å². The SMILES string of the molecule is C=CCN1[C@@H]2C=C[C@H]1C[C@@H](O)[C@H]2N1C(=O)O[C@H](c2ccccc2)[C@@H]1c1ccccc1. The number of piperidine rings is 1. The van der Waals surface area contributed by atoms with Crippen LogP contribution in [0.2, 0.25) is 0 Å². The van der Waals surface area contributed by atoms with Crippen LogP contribution in [-0.2, 0) is 4.74 Å². The number of ether oxygens (including phenoxy) is 1. The molecule has 6 atom stereocenters. The summed E-state index contributed by atoms with van der Waals surface area (Å²) < 4.78 is 5.94. The van der Waals surface area contributed by atoms with E-state index in [1.807, 2.05) is 66.7 Å². The number of aliphatic hydroxyl groups excluding tert-OH is 1. The molecule has 5 rings (SSSR count). The zero-order chi connectivity index (χ0) is 20.7. The third kappa shape index (κ3) is 3.06. The maximum atomic E-state index is 13.3. The van der Waals surface area contributed by atoms with Crippen LogP contribution in [0.1, 0.15) is 29.7 Å². The average molecular weight is 402 g/mol. The molecule has 0 aromatic heterocycles. The minimum Gasteiger partial charge on any atom is -0.439 e. The number of fused-ring (bicyclic) bond motifs is 2. The molecule has 0 unspecified atom stereocenters. The molecule has 1 N–H and O–H groups in total. The summed E-state index contributed by atoms with van der Waals surface area (Å²) in [5, 5.41) is 11.1. The van der Waals surface area contributed by atoms with Gasteiger partial charge in [-0.05, 0) is 17.5 Å². The number of hydrogen-bond acceptors (Lipinski definition) is 4. The van der Waals surface area contributed by atoms with Crippen molar-refractivity contribution in [3.63, 3.8) is 0 Å². The molecule has 2 aromatic carbocycles. The van der Waals surface area contributed by atoms with E-state index >= 15 is 0 Å². The first-order chi connectivity index (χ1) is 14.7. The summed E-state index contributed by atoms with van der Waals surface area (Å²) in [7, 11) is 0. The zero-order valence-electron chi connectivity index (χ0n) is 16.7. The van der Waals surface area contributed by atoms with Gasteiger partial charge in [0, 0.05) is 12.6 Å². The Labute approximate surface area is 176 Å². The van der Waals surface area contributed by atoms with Gasteiger partial charge in [0.1, 0.15) is 6.04 Å². The molecule has 2 bridgehead atoms. The fourth-order valence-corrected chi connectivity index (χ4v) is 5.26. The normalized spacial score (nSPS) is 33.0. The van der Waals surface area contributed by atoms with Gasteiger partial charge in [-0.25, -0.2) is 4.79 Å². The highest BCUT2D eigenvalue weighted by atomic mass is 16.6. The summed E-state index contributed by atoms with van der Waals surface area (Å²) in [5.74, 6) is 0. The Balaban J connectivity index is 1.58. The Bertz CT molecular complexity index is 945. The Kier molecular flexibility index (Phi) is 4.93. The summed E-state index contributed by atoms with van der Waals surface area (Å²) in [5.41, 5.74) is 1.96. The molecule has 0 spiro atoms. The van der Waals surface area contributed by atoms with Crippen molar-refractivity contribution in [2.45, 2.75) is 42.8 Å². The average Bonchev–Trinajstić information content (AvgIpc) is 3.26. The lowest BCUT2D eigenvalue weighted by Crippen LogP contribution is -2.61. The first kappa shape index (κ1) is 19.1. The van der Waals surface area contributed by atoms with Crippen molar-refractivity contribution >= 4 is 6.09 Å². The zero-order valence-corrected chi connectivity index (χ0v) is 16.7. The maximum absolute atomic E-state index is 13.3. The van der Waals surface area contributed by atoms with E-state index in [4.69, 9.17) is 4.74 Å². The molecule has 3 heterocycles. The summed E-state index contributed by atoms with van der Waals surface area (Å²) in [6.07, 6.45) is 5.32. The third-order valence-electron chi connectivity index (χ3n) is 6.52. The smallest absolute Gasteiger partial charge is 0.411 e. The number of hydrogen-bond donors (Lipinski definition) is 1. The van der Waals surface area contributed by atoms with Crippen LogP contribution in [0.4, 0.5) is 4.79 Å². The van der Waals surface area contributed by atoms with E-state index in [-0.39, 0.29) is 30.3 Å². The largest absolute Gasteiger partial charge is 0.439 e. The van der Waals surface area contributed by atoms with Crippen molar-refractivity contribution < 1.29 is 14.6 Å². The summed E-state index contributed by atoms with van der Waals surface area (Å²) >= 11 is 0. The highest BCUT2D eigenvalue weighted by Crippen LogP contribution is 2.47. The van der Waals surface area contributed by atoms with Crippen LogP contribution in [0.5, 0.6) is 0 Å². The van der Waals surface area contributed by atoms with Crippen LogP contribution in [0.25, 0.3) is 0 Å². The van der Waals surface area contributed by atoms with Gasteiger partial charge >= 0.3 is 6.09 Å². The molecule has 3 aliphatic rings. The second kappa shape index (κ2) is 7.74. The molecular formula is C25H26N2O3. The van der Waals surface area contributed by atoms with Gasteiger partial charge in [0.25, 0.3) is 0 Å². The van der Waals surface area contributed by atoms with Gasteiger partial charge in [0.05, 0.1) is 18.2 Å². The van der Waals surface area contributed by atoms with Crippen LogP contribution in [0.15, 0.2) is 85.5 Å². The van der Waals surface area contributed by atoms with Gasteiger partial charge in [-0.2, -0.15) is 0 Å². The summed E-state index contributed by atoms with van der Waals surface area (Å²) in [4.78, 5) is 17.3. The highest BCUT2D eigenvalue weighted by molar-refractivity contribution is 5.72. The van der Waals surface area contributed by atoms with Gasteiger partial charge in [0.15, 0.2) is 6.10 Å². The molecule has 0 aliphatic carbocycles. The van der Waals surface area contributed by atoms with Gasteiger partial charge < -0.3 is 9.84 Å². The molecule has 2 fully saturated rings. The fraction of sp³-hybridized carbons (Fsp3) is 0.320.